The fourth-order valence-electron chi connectivity index (χ4n) is 4.86. The minimum absolute atomic E-state index is 0.000681. The van der Waals surface area contributed by atoms with E-state index < -0.39 is 0 Å². The average Bonchev–Trinajstić information content (AvgIpc) is 3.58. The van der Waals surface area contributed by atoms with Gasteiger partial charge in [-0.25, -0.2) is 4.39 Å². The molecule has 0 aliphatic carbocycles. The molecule has 2 heterocycles. The minimum Gasteiger partial charge on any atom is -0.332 e. The quantitative estimate of drug-likeness (QED) is 0.300. The number of rotatable bonds is 10. The van der Waals surface area contributed by atoms with E-state index in [0.29, 0.717) is 25.2 Å². The van der Waals surface area contributed by atoms with Crippen LogP contribution in [-0.2, 0) is 23.3 Å². The van der Waals surface area contributed by atoms with Crippen LogP contribution in [0.1, 0.15) is 65.5 Å². The maximum absolute atomic E-state index is 13.8. The van der Waals surface area contributed by atoms with Crippen LogP contribution in [0.2, 0.25) is 0 Å². The first-order valence-electron chi connectivity index (χ1n) is 13.8. The van der Waals surface area contributed by atoms with Crippen LogP contribution in [0.4, 0.5) is 4.39 Å². The number of halogens is 1. The number of thiophene rings is 1. The largest absolute Gasteiger partial charge is 0.332 e. The van der Waals surface area contributed by atoms with Crippen LogP contribution < -0.4 is 0 Å². The third kappa shape index (κ3) is 7.99. The second-order valence-electron chi connectivity index (χ2n) is 11.5. The molecular weight excluding hydrogens is 509 g/mol. The predicted octanol–water partition coefficient (Wildman–Crippen LogP) is 6.26. The lowest BCUT2D eigenvalue weighted by molar-refractivity contribution is -0.133. The number of nitrogens with zero attached hydrogens (tertiary/aromatic N) is 3. The Labute approximate surface area is 236 Å². The molecule has 3 aromatic rings. The molecule has 0 saturated carbocycles. The van der Waals surface area contributed by atoms with Crippen molar-refractivity contribution in [3.63, 3.8) is 0 Å². The molecule has 2 amide bonds. The van der Waals surface area contributed by atoms with Crippen molar-refractivity contribution in [3.8, 4) is 0 Å². The zero-order chi connectivity index (χ0) is 28.0. The molecule has 1 fully saturated rings. The molecule has 7 heteroatoms. The van der Waals surface area contributed by atoms with Gasteiger partial charge in [0, 0.05) is 30.1 Å². The molecule has 208 valence electrons. The van der Waals surface area contributed by atoms with Crippen LogP contribution in [0, 0.1) is 12.7 Å². The summed E-state index contributed by atoms with van der Waals surface area (Å²) in [6.45, 7) is 12.6. The number of hydrogen-bond donors (Lipinski definition) is 0. The van der Waals surface area contributed by atoms with E-state index in [0.717, 1.165) is 41.2 Å². The maximum Gasteiger partial charge on any atom is 0.254 e. The number of hydrogen-bond acceptors (Lipinski definition) is 4. The maximum atomic E-state index is 13.8. The fraction of sp³-hybridized carbons (Fsp3) is 0.438. The van der Waals surface area contributed by atoms with Crippen LogP contribution in [0.5, 0.6) is 0 Å². The van der Waals surface area contributed by atoms with Gasteiger partial charge in [-0.2, -0.15) is 0 Å². The Morgan fingerprint density at radius 3 is 2.18 bits per heavy atom. The highest BCUT2D eigenvalue weighted by Crippen LogP contribution is 2.23. The lowest BCUT2D eigenvalue weighted by atomic mass is 9.86. The molecule has 0 N–H and O–H groups in total. The van der Waals surface area contributed by atoms with Crippen molar-refractivity contribution in [1.82, 2.24) is 14.7 Å². The summed E-state index contributed by atoms with van der Waals surface area (Å²) in [6.07, 6.45) is 2.35. The first-order valence-corrected chi connectivity index (χ1v) is 14.7. The zero-order valence-electron chi connectivity index (χ0n) is 23.6. The van der Waals surface area contributed by atoms with Crippen LogP contribution in [0.15, 0.2) is 60.0 Å². The molecule has 4 rings (SSSR count). The van der Waals surface area contributed by atoms with Crippen molar-refractivity contribution in [2.24, 2.45) is 0 Å². The van der Waals surface area contributed by atoms with E-state index in [1.54, 1.807) is 33.3 Å². The second-order valence-corrected chi connectivity index (χ2v) is 12.5. The van der Waals surface area contributed by atoms with E-state index in [9.17, 15) is 14.0 Å². The summed E-state index contributed by atoms with van der Waals surface area (Å²) < 4.78 is 13.5. The molecule has 0 atom stereocenters. The Morgan fingerprint density at radius 1 is 0.923 bits per heavy atom. The van der Waals surface area contributed by atoms with E-state index >= 15 is 0 Å². The third-order valence-electron chi connectivity index (χ3n) is 7.44. The summed E-state index contributed by atoms with van der Waals surface area (Å²) in [6, 6.07) is 16.1. The number of aryl methyl sites for hydroxylation is 1. The van der Waals surface area contributed by atoms with Gasteiger partial charge in [-0.15, -0.1) is 11.3 Å². The third-order valence-corrected chi connectivity index (χ3v) is 8.45. The number of carbonyl (C=O) groups excluding carboxylic acids is 2. The summed E-state index contributed by atoms with van der Waals surface area (Å²) in [4.78, 5) is 34.5. The SMILES string of the molecule is Cc1ccsc1CN(Cc1ccc(F)cc1)C(=O)CN(CCN1CCCC1)C(=O)c1ccc(C(C)(C)C)cc1. The van der Waals surface area contributed by atoms with Crippen molar-refractivity contribution in [2.75, 3.05) is 32.7 Å². The van der Waals surface area contributed by atoms with Gasteiger partial charge in [-0.05, 0) is 90.7 Å². The van der Waals surface area contributed by atoms with Gasteiger partial charge in [0.05, 0.1) is 6.54 Å². The normalized spacial score (nSPS) is 14.0. The van der Waals surface area contributed by atoms with E-state index in [4.69, 9.17) is 0 Å². The van der Waals surface area contributed by atoms with Gasteiger partial charge in [0.1, 0.15) is 12.4 Å². The zero-order valence-corrected chi connectivity index (χ0v) is 24.4. The van der Waals surface area contributed by atoms with Crippen molar-refractivity contribution >= 4 is 23.2 Å². The monoisotopic (exact) mass is 549 g/mol. The van der Waals surface area contributed by atoms with Gasteiger partial charge in [0.2, 0.25) is 5.91 Å². The van der Waals surface area contributed by atoms with Crippen molar-refractivity contribution in [2.45, 2.75) is 59.0 Å². The number of amides is 2. The first kappa shape index (κ1) is 29.0. The van der Waals surface area contributed by atoms with Gasteiger partial charge in [-0.1, -0.05) is 45.0 Å². The summed E-state index contributed by atoms with van der Waals surface area (Å²) >= 11 is 1.62. The Morgan fingerprint density at radius 2 is 1.59 bits per heavy atom. The van der Waals surface area contributed by atoms with E-state index in [-0.39, 0.29) is 29.6 Å². The summed E-state index contributed by atoms with van der Waals surface area (Å²) in [7, 11) is 0. The van der Waals surface area contributed by atoms with Crippen molar-refractivity contribution < 1.29 is 14.0 Å². The topological polar surface area (TPSA) is 43.9 Å². The van der Waals surface area contributed by atoms with Gasteiger partial charge >= 0.3 is 0 Å². The highest BCUT2D eigenvalue weighted by molar-refractivity contribution is 7.10. The highest BCUT2D eigenvalue weighted by atomic mass is 32.1. The standard InChI is InChI=1S/C32H40FN3O2S/c1-24-15-20-39-29(24)22-36(21-25-7-13-28(33)14-8-25)30(37)23-35(19-18-34-16-5-6-17-34)31(38)26-9-11-27(12-10-26)32(2,3)4/h7-15,20H,5-6,16-19,21-23H2,1-4H3. The molecule has 0 unspecified atom stereocenters. The van der Waals surface area contributed by atoms with E-state index in [2.05, 4.69) is 25.7 Å². The molecule has 1 aromatic heterocycles. The van der Waals surface area contributed by atoms with E-state index in [1.807, 2.05) is 42.6 Å². The first-order chi connectivity index (χ1) is 18.6. The van der Waals surface area contributed by atoms with Crippen LogP contribution in [-0.4, -0.2) is 59.2 Å². The van der Waals surface area contributed by atoms with Crippen molar-refractivity contribution in [3.05, 3.63) is 92.9 Å². The van der Waals surface area contributed by atoms with Gasteiger partial charge in [0.15, 0.2) is 0 Å². The lowest BCUT2D eigenvalue weighted by Gasteiger charge is -2.29. The molecule has 0 bridgehead atoms. The van der Waals surface area contributed by atoms with E-state index in [1.165, 1.54) is 25.0 Å². The molecule has 1 aliphatic heterocycles. The van der Waals surface area contributed by atoms with Crippen LogP contribution in [0.25, 0.3) is 0 Å². The molecule has 1 saturated heterocycles. The highest BCUT2D eigenvalue weighted by Gasteiger charge is 2.25. The predicted molar refractivity (Wildman–Crippen MR) is 156 cm³/mol. The summed E-state index contributed by atoms with van der Waals surface area (Å²) in [5.74, 6) is -0.549. The van der Waals surface area contributed by atoms with Gasteiger partial charge in [0.25, 0.3) is 5.91 Å². The Kier molecular flexibility index (Phi) is 9.57. The molecular formula is C32H40FN3O2S. The fourth-order valence-corrected chi connectivity index (χ4v) is 5.78. The Bertz CT molecular complexity index is 1240. The van der Waals surface area contributed by atoms with Crippen molar-refractivity contribution in [1.29, 1.82) is 0 Å². The molecule has 5 nitrogen and oxygen atoms in total. The Hall–Kier alpha value is -3.03. The Balaban J connectivity index is 1.55. The molecule has 2 aromatic carbocycles. The molecule has 0 radical (unpaired) electrons. The number of carbonyl (C=O) groups is 2. The molecule has 1 aliphatic rings. The van der Waals surface area contributed by atoms with Crippen LogP contribution in [0.3, 0.4) is 0 Å². The second kappa shape index (κ2) is 12.9. The number of benzene rings is 2. The number of likely N-dealkylation sites (tertiary alicyclic amines) is 1. The lowest BCUT2D eigenvalue weighted by Crippen LogP contribution is -2.45. The van der Waals surface area contributed by atoms with Gasteiger partial charge in [-0.3, -0.25) is 9.59 Å². The van der Waals surface area contributed by atoms with Crippen LogP contribution >= 0.6 is 11.3 Å². The minimum atomic E-state index is -0.304. The smallest absolute Gasteiger partial charge is 0.254 e. The van der Waals surface area contributed by atoms with Gasteiger partial charge < -0.3 is 14.7 Å². The summed E-state index contributed by atoms with van der Waals surface area (Å²) in [5.41, 5.74) is 3.74. The average molecular weight is 550 g/mol. The molecule has 39 heavy (non-hydrogen) atoms. The molecule has 0 spiro atoms. The summed E-state index contributed by atoms with van der Waals surface area (Å²) in [5, 5.41) is 2.03.